The topological polar surface area (TPSA) is 102 Å². The molecule has 7 nitrogen and oxygen atoms in total. The van der Waals surface area contributed by atoms with Gasteiger partial charge < -0.3 is 25.5 Å². The first-order valence-corrected chi connectivity index (χ1v) is 8.03. The lowest BCUT2D eigenvalue weighted by Crippen LogP contribution is -2.36. The van der Waals surface area contributed by atoms with E-state index in [1.807, 2.05) is 6.92 Å². The van der Waals surface area contributed by atoms with Crippen molar-refractivity contribution < 1.29 is 27.1 Å². The standard InChI is InChI=1S/C17H19F3N4O3.HI/c1-2-22-16(24-10-12-7-8-14(26-12)15(21)25)23-9-11-5-3-4-6-13(11)27-17(18,19)20;/h3-8H,2,9-10H2,1H3,(H2,21,25)(H2,22,23,24);1H. The van der Waals surface area contributed by atoms with Crippen molar-refractivity contribution in [3.05, 3.63) is 53.5 Å². The van der Waals surface area contributed by atoms with E-state index in [-0.39, 0.29) is 54.1 Å². The molecule has 0 aliphatic rings. The van der Waals surface area contributed by atoms with Crippen LogP contribution in [0.2, 0.25) is 0 Å². The summed E-state index contributed by atoms with van der Waals surface area (Å²) >= 11 is 0. The lowest BCUT2D eigenvalue weighted by molar-refractivity contribution is -0.274. The summed E-state index contributed by atoms with van der Waals surface area (Å²) in [5, 5.41) is 5.92. The second kappa shape index (κ2) is 10.8. The average Bonchev–Trinajstić information content (AvgIpc) is 3.06. The molecule has 154 valence electrons. The van der Waals surface area contributed by atoms with E-state index in [1.54, 1.807) is 12.1 Å². The number of furan rings is 1. The quantitative estimate of drug-likeness (QED) is 0.301. The van der Waals surface area contributed by atoms with Gasteiger partial charge in [-0.15, -0.1) is 37.1 Å². The molecule has 0 aliphatic carbocycles. The number of hydrogen-bond acceptors (Lipinski definition) is 4. The number of para-hydroxylation sites is 1. The number of halogens is 4. The summed E-state index contributed by atoms with van der Waals surface area (Å²) in [4.78, 5) is 15.3. The number of alkyl halides is 3. The zero-order valence-electron chi connectivity index (χ0n) is 14.9. The van der Waals surface area contributed by atoms with E-state index in [0.29, 0.717) is 18.3 Å². The maximum Gasteiger partial charge on any atom is 0.573 e. The Kier molecular flexibility index (Phi) is 9.09. The zero-order chi connectivity index (χ0) is 19.9. The summed E-state index contributed by atoms with van der Waals surface area (Å²) in [6, 6.07) is 8.82. The van der Waals surface area contributed by atoms with Gasteiger partial charge in [0.05, 0.1) is 13.1 Å². The molecule has 2 rings (SSSR count). The largest absolute Gasteiger partial charge is 0.573 e. The first-order valence-electron chi connectivity index (χ1n) is 8.03. The van der Waals surface area contributed by atoms with Crippen LogP contribution < -0.4 is 21.1 Å². The molecule has 0 spiro atoms. The average molecular weight is 512 g/mol. The summed E-state index contributed by atoms with van der Waals surface area (Å²) < 4.78 is 46.7. The number of nitrogens with zero attached hydrogens (tertiary/aromatic N) is 1. The van der Waals surface area contributed by atoms with Crippen LogP contribution >= 0.6 is 24.0 Å². The highest BCUT2D eigenvalue weighted by Crippen LogP contribution is 2.26. The molecule has 11 heteroatoms. The molecular weight excluding hydrogens is 492 g/mol. The first kappa shape index (κ1) is 23.6. The van der Waals surface area contributed by atoms with Crippen LogP contribution in [0.3, 0.4) is 0 Å². The molecule has 0 unspecified atom stereocenters. The Bertz CT molecular complexity index is 809. The number of carbonyl (C=O) groups is 1. The predicted octanol–water partition coefficient (Wildman–Crippen LogP) is 3.15. The number of guanidine groups is 1. The van der Waals surface area contributed by atoms with Gasteiger partial charge >= 0.3 is 6.36 Å². The third-order valence-electron chi connectivity index (χ3n) is 3.28. The fourth-order valence-electron chi connectivity index (χ4n) is 2.14. The van der Waals surface area contributed by atoms with Gasteiger partial charge in [0.15, 0.2) is 11.7 Å². The van der Waals surface area contributed by atoms with Crippen LogP contribution in [0, 0.1) is 0 Å². The third kappa shape index (κ3) is 7.66. The highest BCUT2D eigenvalue weighted by Gasteiger charge is 2.31. The van der Waals surface area contributed by atoms with Gasteiger partial charge in [0.1, 0.15) is 11.5 Å². The van der Waals surface area contributed by atoms with Gasteiger partial charge in [-0.3, -0.25) is 4.79 Å². The fraction of sp³-hybridized carbons (Fsp3) is 0.294. The number of rotatable bonds is 7. The van der Waals surface area contributed by atoms with Crippen molar-refractivity contribution in [3.63, 3.8) is 0 Å². The van der Waals surface area contributed by atoms with Crippen LogP contribution in [-0.4, -0.2) is 24.8 Å². The number of aliphatic imine (C=N–C) groups is 1. The van der Waals surface area contributed by atoms with Gasteiger partial charge in [-0.2, -0.15) is 0 Å². The van der Waals surface area contributed by atoms with Gasteiger partial charge in [0.2, 0.25) is 0 Å². The summed E-state index contributed by atoms with van der Waals surface area (Å²) in [7, 11) is 0. The SMILES string of the molecule is CCNC(=NCc1ccccc1OC(F)(F)F)NCc1ccc(C(N)=O)o1.I. The number of nitrogens with one attached hydrogen (secondary N) is 2. The van der Waals surface area contributed by atoms with E-state index in [4.69, 9.17) is 10.2 Å². The predicted molar refractivity (Wildman–Crippen MR) is 107 cm³/mol. The van der Waals surface area contributed by atoms with E-state index < -0.39 is 12.3 Å². The molecule has 1 aromatic heterocycles. The molecule has 1 amide bonds. The molecule has 1 heterocycles. The number of nitrogens with two attached hydrogens (primary N) is 1. The summed E-state index contributed by atoms with van der Waals surface area (Å²) in [6.07, 6.45) is -4.78. The summed E-state index contributed by atoms with van der Waals surface area (Å²) in [6.45, 7) is 2.55. The smallest absolute Gasteiger partial charge is 0.454 e. The zero-order valence-corrected chi connectivity index (χ0v) is 17.2. The second-order valence-electron chi connectivity index (χ2n) is 5.33. The van der Waals surface area contributed by atoms with Crippen molar-refractivity contribution in [3.8, 4) is 5.75 Å². The van der Waals surface area contributed by atoms with Crippen molar-refractivity contribution in [1.29, 1.82) is 0 Å². The van der Waals surface area contributed by atoms with E-state index >= 15 is 0 Å². The Balaban J connectivity index is 0.00000392. The second-order valence-corrected chi connectivity index (χ2v) is 5.33. The molecule has 4 N–H and O–H groups in total. The molecule has 0 saturated heterocycles. The Labute approximate surface area is 176 Å². The van der Waals surface area contributed by atoms with Crippen LogP contribution in [0.1, 0.15) is 28.8 Å². The van der Waals surface area contributed by atoms with Crippen molar-refractivity contribution in [2.45, 2.75) is 26.4 Å². The molecule has 0 radical (unpaired) electrons. The number of amides is 1. The minimum Gasteiger partial charge on any atom is -0.454 e. The molecular formula is C17H20F3IN4O3. The highest BCUT2D eigenvalue weighted by molar-refractivity contribution is 14.0. The Morgan fingerprint density at radius 2 is 1.93 bits per heavy atom. The number of primary amides is 1. The highest BCUT2D eigenvalue weighted by atomic mass is 127. The number of benzene rings is 1. The van der Waals surface area contributed by atoms with Gasteiger partial charge in [-0.05, 0) is 25.1 Å². The monoisotopic (exact) mass is 512 g/mol. The Morgan fingerprint density at radius 3 is 2.54 bits per heavy atom. The lowest BCUT2D eigenvalue weighted by atomic mass is 10.2. The van der Waals surface area contributed by atoms with Gasteiger partial charge in [-0.1, -0.05) is 18.2 Å². The Hall–Kier alpha value is -2.44. The van der Waals surface area contributed by atoms with Gasteiger partial charge in [-0.25, -0.2) is 4.99 Å². The van der Waals surface area contributed by atoms with E-state index in [2.05, 4.69) is 20.4 Å². The van der Waals surface area contributed by atoms with Crippen LogP contribution in [-0.2, 0) is 13.1 Å². The Morgan fingerprint density at radius 1 is 1.21 bits per heavy atom. The van der Waals surface area contributed by atoms with Crippen LogP contribution in [0.15, 0.2) is 45.8 Å². The first-order chi connectivity index (χ1) is 12.8. The fourth-order valence-corrected chi connectivity index (χ4v) is 2.14. The van der Waals surface area contributed by atoms with Crippen LogP contribution in [0.25, 0.3) is 0 Å². The molecule has 0 fully saturated rings. The van der Waals surface area contributed by atoms with Crippen LogP contribution in [0.4, 0.5) is 13.2 Å². The minimum absolute atomic E-state index is 0. The molecule has 28 heavy (non-hydrogen) atoms. The van der Waals surface area contributed by atoms with Crippen molar-refractivity contribution in [1.82, 2.24) is 10.6 Å². The normalized spacial score (nSPS) is 11.5. The summed E-state index contributed by atoms with van der Waals surface area (Å²) in [5.74, 6) is -0.136. The lowest BCUT2D eigenvalue weighted by Gasteiger charge is -2.13. The van der Waals surface area contributed by atoms with E-state index in [9.17, 15) is 18.0 Å². The van der Waals surface area contributed by atoms with Crippen molar-refractivity contribution >= 4 is 35.8 Å². The number of ether oxygens (including phenoxy) is 1. The van der Waals surface area contributed by atoms with E-state index in [1.165, 1.54) is 24.3 Å². The molecule has 0 bridgehead atoms. The molecule has 0 saturated carbocycles. The molecule has 2 aromatic rings. The van der Waals surface area contributed by atoms with Gasteiger partial charge in [0.25, 0.3) is 5.91 Å². The van der Waals surface area contributed by atoms with E-state index in [0.717, 1.165) is 0 Å². The molecule has 1 aromatic carbocycles. The van der Waals surface area contributed by atoms with Crippen molar-refractivity contribution in [2.75, 3.05) is 6.54 Å². The summed E-state index contributed by atoms with van der Waals surface area (Å²) in [5.41, 5.74) is 5.40. The number of hydrogen-bond donors (Lipinski definition) is 3. The molecule has 0 aliphatic heterocycles. The maximum absolute atomic E-state index is 12.5. The van der Waals surface area contributed by atoms with Crippen molar-refractivity contribution in [2.24, 2.45) is 10.7 Å². The third-order valence-corrected chi connectivity index (χ3v) is 3.28. The maximum atomic E-state index is 12.5. The van der Waals surface area contributed by atoms with Crippen LogP contribution in [0.5, 0.6) is 5.75 Å². The number of carbonyl (C=O) groups excluding carboxylic acids is 1. The molecule has 0 atom stereocenters. The minimum atomic E-state index is -4.78. The van der Waals surface area contributed by atoms with Gasteiger partial charge in [0, 0.05) is 12.1 Å².